The molecule has 1 aromatic carbocycles. The largest absolute Gasteiger partial charge is 0.324 e. The zero-order valence-corrected chi connectivity index (χ0v) is 11.1. The molecule has 2 aromatic rings. The first-order chi connectivity index (χ1) is 8.02. The lowest BCUT2D eigenvalue weighted by Crippen LogP contribution is -2.07. The Morgan fingerprint density at radius 1 is 1.35 bits per heavy atom. The summed E-state index contributed by atoms with van der Waals surface area (Å²) < 4.78 is 1.76. The Labute approximate surface area is 110 Å². The van der Waals surface area contributed by atoms with Crippen LogP contribution in [0, 0.1) is 6.92 Å². The van der Waals surface area contributed by atoms with Gasteiger partial charge >= 0.3 is 0 Å². The molecule has 0 aliphatic carbocycles. The monoisotopic (exact) mass is 269 g/mol. The van der Waals surface area contributed by atoms with E-state index in [1.807, 2.05) is 26.0 Å². The number of nitrogens with two attached hydrogens (primary N) is 1. The Balaban J connectivity index is 2.58. The molecule has 1 atom stereocenters. The quantitative estimate of drug-likeness (QED) is 0.907. The van der Waals surface area contributed by atoms with E-state index in [-0.39, 0.29) is 6.04 Å². The Bertz CT molecular complexity index is 547. The van der Waals surface area contributed by atoms with E-state index in [4.69, 9.17) is 28.9 Å². The van der Waals surface area contributed by atoms with Gasteiger partial charge in [0.05, 0.1) is 21.9 Å². The highest BCUT2D eigenvalue weighted by atomic mass is 35.5. The Hall–Kier alpha value is -1.03. The molecule has 2 N–H and O–H groups in total. The summed E-state index contributed by atoms with van der Waals surface area (Å²) in [4.78, 5) is 0. The van der Waals surface area contributed by atoms with Gasteiger partial charge in [-0.15, -0.1) is 0 Å². The minimum atomic E-state index is -0.0540. The highest BCUT2D eigenvalue weighted by molar-refractivity contribution is 6.43. The molecule has 0 saturated heterocycles. The van der Waals surface area contributed by atoms with Crippen LogP contribution in [0.3, 0.4) is 0 Å². The zero-order valence-electron chi connectivity index (χ0n) is 9.61. The molecule has 0 spiro atoms. The van der Waals surface area contributed by atoms with Crippen molar-refractivity contribution < 1.29 is 0 Å². The summed E-state index contributed by atoms with van der Waals surface area (Å²) in [5, 5.41) is 5.31. The molecule has 0 aliphatic rings. The van der Waals surface area contributed by atoms with Gasteiger partial charge in [-0.25, -0.2) is 4.68 Å². The molecule has 2 rings (SSSR count). The third kappa shape index (κ3) is 2.18. The number of nitrogens with zero attached hydrogens (tertiary/aromatic N) is 2. The van der Waals surface area contributed by atoms with Gasteiger partial charge < -0.3 is 5.73 Å². The molecule has 0 radical (unpaired) electrons. The van der Waals surface area contributed by atoms with Gasteiger partial charge in [0, 0.05) is 17.3 Å². The van der Waals surface area contributed by atoms with E-state index in [2.05, 4.69) is 5.10 Å². The Kier molecular flexibility index (Phi) is 3.43. The molecule has 0 bridgehead atoms. The van der Waals surface area contributed by atoms with Crippen molar-refractivity contribution in [1.29, 1.82) is 0 Å². The van der Waals surface area contributed by atoms with Crippen LogP contribution in [0.25, 0.3) is 5.69 Å². The van der Waals surface area contributed by atoms with E-state index in [9.17, 15) is 0 Å². The summed E-state index contributed by atoms with van der Waals surface area (Å²) >= 11 is 12.2. The first kappa shape index (κ1) is 12.4. The van der Waals surface area contributed by atoms with Crippen molar-refractivity contribution in [3.63, 3.8) is 0 Å². The number of hydrogen-bond acceptors (Lipinski definition) is 2. The Morgan fingerprint density at radius 2 is 2.06 bits per heavy atom. The fraction of sp³-hybridized carbons (Fsp3) is 0.250. The topological polar surface area (TPSA) is 43.8 Å². The molecule has 90 valence electrons. The second-order valence-corrected chi connectivity index (χ2v) is 4.74. The molecule has 1 heterocycles. The van der Waals surface area contributed by atoms with Gasteiger partial charge in [0.15, 0.2) is 0 Å². The van der Waals surface area contributed by atoms with Crippen LogP contribution < -0.4 is 5.73 Å². The average molecular weight is 270 g/mol. The van der Waals surface area contributed by atoms with Crippen LogP contribution in [0.5, 0.6) is 0 Å². The fourth-order valence-corrected chi connectivity index (χ4v) is 2.14. The maximum absolute atomic E-state index is 6.16. The van der Waals surface area contributed by atoms with Crippen molar-refractivity contribution in [3.8, 4) is 5.69 Å². The Morgan fingerprint density at radius 3 is 2.65 bits per heavy atom. The van der Waals surface area contributed by atoms with Crippen LogP contribution in [0.2, 0.25) is 10.0 Å². The predicted octanol–water partition coefficient (Wildman–Crippen LogP) is 3.51. The number of aromatic nitrogens is 2. The molecule has 17 heavy (non-hydrogen) atoms. The number of rotatable bonds is 2. The molecule has 0 amide bonds. The van der Waals surface area contributed by atoms with Crippen LogP contribution in [-0.2, 0) is 0 Å². The van der Waals surface area contributed by atoms with Crippen molar-refractivity contribution in [2.45, 2.75) is 19.9 Å². The van der Waals surface area contributed by atoms with Gasteiger partial charge in [0.2, 0.25) is 0 Å². The summed E-state index contributed by atoms with van der Waals surface area (Å²) in [6, 6.07) is 5.41. The average Bonchev–Trinajstić information content (AvgIpc) is 2.64. The fourth-order valence-electron chi connectivity index (χ4n) is 1.77. The highest BCUT2D eigenvalue weighted by Gasteiger charge is 2.14. The van der Waals surface area contributed by atoms with E-state index in [0.29, 0.717) is 10.0 Å². The van der Waals surface area contributed by atoms with Crippen LogP contribution in [-0.4, -0.2) is 9.78 Å². The third-order valence-electron chi connectivity index (χ3n) is 2.70. The summed E-state index contributed by atoms with van der Waals surface area (Å²) in [7, 11) is 0. The second-order valence-electron chi connectivity index (χ2n) is 3.96. The van der Waals surface area contributed by atoms with E-state index < -0.39 is 0 Å². The second kappa shape index (κ2) is 4.69. The number of halogens is 2. The van der Waals surface area contributed by atoms with Crippen molar-refractivity contribution in [2.75, 3.05) is 0 Å². The van der Waals surface area contributed by atoms with Gasteiger partial charge in [0.1, 0.15) is 0 Å². The molecule has 0 aliphatic heterocycles. The summed E-state index contributed by atoms with van der Waals surface area (Å²) in [6.45, 7) is 3.89. The van der Waals surface area contributed by atoms with Gasteiger partial charge in [-0.3, -0.25) is 0 Å². The van der Waals surface area contributed by atoms with Crippen LogP contribution in [0.1, 0.15) is 24.2 Å². The van der Waals surface area contributed by atoms with Gasteiger partial charge in [-0.05, 0) is 26.0 Å². The minimum Gasteiger partial charge on any atom is -0.324 e. The first-order valence-electron chi connectivity index (χ1n) is 5.27. The maximum Gasteiger partial charge on any atom is 0.0850 e. The SMILES string of the molecule is Cc1c(C(C)N)cnn1-c1cccc(Cl)c1Cl. The smallest absolute Gasteiger partial charge is 0.0850 e. The van der Waals surface area contributed by atoms with Crippen molar-refractivity contribution in [2.24, 2.45) is 5.73 Å². The number of benzene rings is 1. The van der Waals surface area contributed by atoms with Gasteiger partial charge in [-0.1, -0.05) is 29.3 Å². The summed E-state index contributed by atoms with van der Waals surface area (Å²) in [6.07, 6.45) is 1.76. The molecule has 0 fully saturated rings. The van der Waals surface area contributed by atoms with Crippen LogP contribution in [0.4, 0.5) is 0 Å². The van der Waals surface area contributed by atoms with Crippen molar-refractivity contribution in [3.05, 3.63) is 45.7 Å². The lowest BCUT2D eigenvalue weighted by molar-refractivity contribution is 0.797. The maximum atomic E-state index is 6.16. The molecule has 1 aromatic heterocycles. The van der Waals surface area contributed by atoms with Crippen molar-refractivity contribution in [1.82, 2.24) is 9.78 Å². The standard InChI is InChI=1S/C12H13Cl2N3/c1-7(15)9-6-16-17(8(9)2)11-5-3-4-10(13)12(11)14/h3-7H,15H2,1-2H3. The minimum absolute atomic E-state index is 0.0540. The normalized spacial score (nSPS) is 12.8. The molecular formula is C12H13Cl2N3. The highest BCUT2D eigenvalue weighted by Crippen LogP contribution is 2.29. The van der Waals surface area contributed by atoms with E-state index in [0.717, 1.165) is 16.9 Å². The molecular weight excluding hydrogens is 257 g/mol. The number of hydrogen-bond donors (Lipinski definition) is 1. The lowest BCUT2D eigenvalue weighted by Gasteiger charge is -2.09. The van der Waals surface area contributed by atoms with Crippen molar-refractivity contribution >= 4 is 23.2 Å². The summed E-state index contributed by atoms with van der Waals surface area (Å²) in [5.41, 5.74) is 8.61. The molecule has 1 unspecified atom stereocenters. The van der Waals surface area contributed by atoms with E-state index in [1.165, 1.54) is 0 Å². The van der Waals surface area contributed by atoms with Crippen LogP contribution in [0.15, 0.2) is 24.4 Å². The molecule has 3 nitrogen and oxygen atoms in total. The van der Waals surface area contributed by atoms with Gasteiger partial charge in [-0.2, -0.15) is 5.10 Å². The summed E-state index contributed by atoms with van der Waals surface area (Å²) in [5.74, 6) is 0. The van der Waals surface area contributed by atoms with E-state index in [1.54, 1.807) is 16.9 Å². The van der Waals surface area contributed by atoms with Gasteiger partial charge in [0.25, 0.3) is 0 Å². The first-order valence-corrected chi connectivity index (χ1v) is 6.02. The third-order valence-corrected chi connectivity index (χ3v) is 3.51. The van der Waals surface area contributed by atoms with E-state index >= 15 is 0 Å². The zero-order chi connectivity index (χ0) is 12.6. The lowest BCUT2D eigenvalue weighted by atomic mass is 10.1. The molecule has 5 heteroatoms. The van der Waals surface area contributed by atoms with Crippen LogP contribution >= 0.6 is 23.2 Å². The molecule has 0 saturated carbocycles. The predicted molar refractivity (Wildman–Crippen MR) is 70.9 cm³/mol.